The average Bonchev–Trinajstić information content (AvgIpc) is 2.75. The van der Waals surface area contributed by atoms with Gasteiger partial charge in [-0.1, -0.05) is 6.07 Å². The van der Waals surface area contributed by atoms with Crippen molar-refractivity contribution >= 4 is 27.5 Å². The van der Waals surface area contributed by atoms with Crippen molar-refractivity contribution in [3.63, 3.8) is 0 Å². The van der Waals surface area contributed by atoms with Gasteiger partial charge in [-0.25, -0.2) is 13.4 Å². The number of hydrogen-bond donors (Lipinski definition) is 0. The Kier molecular flexibility index (Phi) is 5.44. The van der Waals surface area contributed by atoms with Crippen LogP contribution in [0.1, 0.15) is 36.8 Å². The minimum absolute atomic E-state index is 0.109. The number of fused-ring (bicyclic) bond motifs is 1. The molecule has 156 valence electrons. The van der Waals surface area contributed by atoms with E-state index in [9.17, 15) is 18.0 Å². The van der Waals surface area contributed by atoms with Crippen LogP contribution in [0, 0.1) is 0 Å². The van der Waals surface area contributed by atoms with Crippen molar-refractivity contribution < 1.29 is 18.0 Å². The largest absolute Gasteiger partial charge is 0.335 e. The second kappa shape index (κ2) is 7.87. The van der Waals surface area contributed by atoms with Crippen LogP contribution in [-0.2, 0) is 32.5 Å². The molecule has 4 rings (SSSR count). The Morgan fingerprint density at radius 1 is 0.966 bits per heavy atom. The number of piperazine rings is 1. The number of hydrazone groups is 1. The normalized spacial score (nSPS) is 21.0. The summed E-state index contributed by atoms with van der Waals surface area (Å²) >= 11 is 0. The number of carbonyl (C=O) groups excluding carboxylic acids is 2. The molecule has 1 aromatic rings. The second-order valence-electron chi connectivity index (χ2n) is 7.80. The minimum atomic E-state index is -3.57. The molecule has 8 nitrogen and oxygen atoms in total. The zero-order valence-electron chi connectivity index (χ0n) is 16.6. The lowest BCUT2D eigenvalue weighted by atomic mass is 9.92. The summed E-state index contributed by atoms with van der Waals surface area (Å²) in [6.07, 6.45) is 4.80. The molecule has 0 radical (unpaired) electrons. The van der Waals surface area contributed by atoms with Gasteiger partial charge < -0.3 is 4.90 Å². The van der Waals surface area contributed by atoms with Gasteiger partial charge in [0.05, 0.1) is 4.90 Å². The molecule has 0 spiro atoms. The second-order valence-corrected chi connectivity index (χ2v) is 9.74. The third-order valence-electron chi connectivity index (χ3n) is 5.94. The molecule has 9 heteroatoms. The molecule has 0 aromatic heterocycles. The monoisotopic (exact) mass is 418 g/mol. The van der Waals surface area contributed by atoms with E-state index in [1.807, 2.05) is 12.1 Å². The van der Waals surface area contributed by atoms with Crippen LogP contribution in [-0.4, -0.2) is 73.4 Å². The third kappa shape index (κ3) is 3.93. The summed E-state index contributed by atoms with van der Waals surface area (Å²) in [4.78, 5) is 26.2. The highest BCUT2D eigenvalue weighted by Gasteiger charge is 2.33. The Labute approximate surface area is 171 Å². The van der Waals surface area contributed by atoms with Crippen LogP contribution >= 0.6 is 0 Å². The summed E-state index contributed by atoms with van der Waals surface area (Å²) in [5, 5.41) is 5.27. The highest BCUT2D eigenvalue weighted by molar-refractivity contribution is 7.89. The summed E-state index contributed by atoms with van der Waals surface area (Å²) in [5.74, 6) is -0.322. The van der Waals surface area contributed by atoms with Crippen LogP contribution in [0.3, 0.4) is 0 Å². The number of nitrogens with zero attached hydrogens (tertiary/aromatic N) is 4. The van der Waals surface area contributed by atoms with Crippen LogP contribution in [0.5, 0.6) is 0 Å². The van der Waals surface area contributed by atoms with E-state index < -0.39 is 10.0 Å². The molecule has 2 amide bonds. The maximum atomic E-state index is 13.1. The number of benzene rings is 1. The van der Waals surface area contributed by atoms with Crippen molar-refractivity contribution in [3.05, 3.63) is 29.3 Å². The van der Waals surface area contributed by atoms with Crippen molar-refractivity contribution in [1.29, 1.82) is 0 Å². The van der Waals surface area contributed by atoms with Gasteiger partial charge in [-0.15, -0.1) is 0 Å². The number of aryl methyl sites for hydroxylation is 2. The van der Waals surface area contributed by atoms with Gasteiger partial charge in [0.1, 0.15) is 5.71 Å². The maximum Gasteiger partial charge on any atom is 0.270 e. The van der Waals surface area contributed by atoms with E-state index in [2.05, 4.69) is 5.10 Å². The van der Waals surface area contributed by atoms with Crippen LogP contribution in [0.2, 0.25) is 0 Å². The zero-order valence-corrected chi connectivity index (χ0v) is 17.4. The molecule has 0 unspecified atom stereocenters. The van der Waals surface area contributed by atoms with Crippen LogP contribution in [0.25, 0.3) is 0 Å². The summed E-state index contributed by atoms with van der Waals surface area (Å²) in [6, 6.07) is 5.48. The Balaban J connectivity index is 1.43. The van der Waals surface area contributed by atoms with Crippen molar-refractivity contribution in [1.82, 2.24) is 14.2 Å². The van der Waals surface area contributed by atoms with E-state index in [0.29, 0.717) is 30.1 Å². The van der Waals surface area contributed by atoms with Crippen molar-refractivity contribution in [2.45, 2.75) is 43.4 Å². The predicted octanol–water partition coefficient (Wildman–Crippen LogP) is 1.01. The smallest absolute Gasteiger partial charge is 0.270 e. The minimum Gasteiger partial charge on any atom is -0.335 e. The highest BCUT2D eigenvalue weighted by Crippen LogP contribution is 2.26. The van der Waals surface area contributed by atoms with Crippen LogP contribution in [0.4, 0.5) is 0 Å². The third-order valence-corrected chi connectivity index (χ3v) is 7.83. The fourth-order valence-corrected chi connectivity index (χ4v) is 5.63. The summed E-state index contributed by atoms with van der Waals surface area (Å²) in [6.45, 7) is 1.15. The standard InChI is InChI=1S/C20H26N4O4S/c1-22-19(25)9-8-18(21-22)20(26)23-10-12-24(13-11-23)29(27,28)17-7-6-15-4-2-3-5-16(15)14-17/h6-7,14H,2-5,8-13H2,1H3. The molecule has 0 atom stereocenters. The Morgan fingerprint density at radius 3 is 2.34 bits per heavy atom. The van der Waals surface area contributed by atoms with Gasteiger partial charge in [0.25, 0.3) is 5.91 Å². The molecule has 3 aliphatic rings. The lowest BCUT2D eigenvalue weighted by Gasteiger charge is -2.34. The maximum absolute atomic E-state index is 13.1. The Hall–Kier alpha value is -2.26. The lowest BCUT2D eigenvalue weighted by molar-refractivity contribution is -0.130. The highest BCUT2D eigenvalue weighted by atomic mass is 32.2. The molecular formula is C20H26N4O4S. The summed E-state index contributed by atoms with van der Waals surface area (Å²) in [5.41, 5.74) is 2.75. The number of sulfonamides is 1. The summed E-state index contributed by atoms with van der Waals surface area (Å²) in [7, 11) is -2.03. The topological polar surface area (TPSA) is 90.4 Å². The molecule has 1 saturated heterocycles. The van der Waals surface area contributed by atoms with Gasteiger partial charge in [0.15, 0.2) is 0 Å². The average molecular weight is 419 g/mol. The quantitative estimate of drug-likeness (QED) is 0.733. The fourth-order valence-electron chi connectivity index (χ4n) is 4.16. The molecule has 1 aromatic carbocycles. The molecule has 2 aliphatic heterocycles. The fraction of sp³-hybridized carbons (Fsp3) is 0.550. The Bertz CT molecular complexity index is 965. The van der Waals surface area contributed by atoms with Gasteiger partial charge in [0.2, 0.25) is 15.9 Å². The van der Waals surface area contributed by atoms with E-state index in [4.69, 9.17) is 0 Å². The number of rotatable bonds is 3. The van der Waals surface area contributed by atoms with E-state index in [1.165, 1.54) is 21.9 Å². The predicted molar refractivity (Wildman–Crippen MR) is 108 cm³/mol. The van der Waals surface area contributed by atoms with Crippen molar-refractivity contribution in [3.8, 4) is 0 Å². The van der Waals surface area contributed by atoms with E-state index in [-0.39, 0.29) is 31.3 Å². The van der Waals surface area contributed by atoms with Gasteiger partial charge in [-0.2, -0.15) is 9.41 Å². The number of amides is 2. The van der Waals surface area contributed by atoms with Gasteiger partial charge in [-0.05, 0) is 48.9 Å². The first-order chi connectivity index (χ1) is 13.9. The first kappa shape index (κ1) is 20.0. The summed E-state index contributed by atoms with van der Waals surface area (Å²) < 4.78 is 27.6. The molecular weight excluding hydrogens is 392 g/mol. The molecule has 1 aliphatic carbocycles. The van der Waals surface area contributed by atoms with E-state index in [0.717, 1.165) is 31.2 Å². The SMILES string of the molecule is CN1N=C(C(=O)N2CCN(S(=O)(=O)c3ccc4c(c3)CCCC4)CC2)CCC1=O. The van der Waals surface area contributed by atoms with E-state index in [1.54, 1.807) is 11.0 Å². The molecule has 1 fully saturated rings. The van der Waals surface area contributed by atoms with Gasteiger partial charge >= 0.3 is 0 Å². The van der Waals surface area contributed by atoms with Crippen molar-refractivity contribution in [2.75, 3.05) is 33.2 Å². The Morgan fingerprint density at radius 2 is 1.66 bits per heavy atom. The first-order valence-corrected chi connectivity index (χ1v) is 11.6. The van der Waals surface area contributed by atoms with Crippen LogP contribution in [0.15, 0.2) is 28.2 Å². The van der Waals surface area contributed by atoms with Gasteiger partial charge in [0, 0.05) is 46.1 Å². The molecule has 0 saturated carbocycles. The molecule has 29 heavy (non-hydrogen) atoms. The van der Waals surface area contributed by atoms with Gasteiger partial charge in [-0.3, -0.25) is 9.59 Å². The molecule has 0 N–H and O–H groups in total. The first-order valence-electron chi connectivity index (χ1n) is 10.1. The molecule has 0 bridgehead atoms. The van der Waals surface area contributed by atoms with Crippen LogP contribution < -0.4 is 0 Å². The van der Waals surface area contributed by atoms with E-state index >= 15 is 0 Å². The number of hydrogen-bond acceptors (Lipinski definition) is 5. The number of carbonyl (C=O) groups is 2. The zero-order chi connectivity index (χ0) is 20.6. The lowest BCUT2D eigenvalue weighted by Crippen LogP contribution is -2.52. The molecule has 2 heterocycles. The van der Waals surface area contributed by atoms with Crippen molar-refractivity contribution in [2.24, 2.45) is 5.10 Å².